The normalized spacial score (nSPS) is 19.3. The lowest BCUT2D eigenvalue weighted by atomic mass is 9.99. The SMILES string of the molecule is C#CCSC1=NC(C)(C)CC=C1OC. The van der Waals surface area contributed by atoms with Gasteiger partial charge in [0.1, 0.15) is 10.8 Å². The molecule has 0 saturated heterocycles. The Morgan fingerprint density at radius 2 is 2.43 bits per heavy atom. The van der Waals surface area contributed by atoms with Gasteiger partial charge in [0.2, 0.25) is 0 Å². The molecular formula is C11H15NOS. The predicted molar refractivity (Wildman–Crippen MR) is 62.5 cm³/mol. The van der Waals surface area contributed by atoms with Gasteiger partial charge < -0.3 is 4.74 Å². The van der Waals surface area contributed by atoms with Crippen molar-refractivity contribution in [2.75, 3.05) is 12.9 Å². The lowest BCUT2D eigenvalue weighted by Gasteiger charge is -2.25. The van der Waals surface area contributed by atoms with E-state index in [9.17, 15) is 0 Å². The third-order valence-corrected chi connectivity index (χ3v) is 2.79. The number of methoxy groups -OCH3 is 1. The highest BCUT2D eigenvalue weighted by atomic mass is 32.2. The van der Waals surface area contributed by atoms with Gasteiger partial charge >= 0.3 is 0 Å². The van der Waals surface area contributed by atoms with Crippen LogP contribution in [0.25, 0.3) is 0 Å². The summed E-state index contributed by atoms with van der Waals surface area (Å²) in [6.45, 7) is 4.21. The molecule has 0 aromatic carbocycles. The fourth-order valence-corrected chi connectivity index (χ4v) is 2.03. The first-order valence-electron chi connectivity index (χ1n) is 4.50. The van der Waals surface area contributed by atoms with Crippen molar-refractivity contribution < 1.29 is 4.74 Å². The van der Waals surface area contributed by atoms with E-state index < -0.39 is 0 Å². The molecule has 1 rings (SSSR count). The lowest BCUT2D eigenvalue weighted by Crippen LogP contribution is -2.23. The molecule has 0 N–H and O–H groups in total. The van der Waals surface area contributed by atoms with Crippen LogP contribution in [-0.2, 0) is 4.74 Å². The predicted octanol–water partition coefficient (Wildman–Crippen LogP) is 2.46. The summed E-state index contributed by atoms with van der Waals surface area (Å²) in [5.74, 6) is 4.07. The number of terminal acetylenes is 1. The largest absolute Gasteiger partial charge is 0.494 e. The Hall–Kier alpha value is -0.880. The number of hydrogen-bond donors (Lipinski definition) is 0. The van der Waals surface area contributed by atoms with Gasteiger partial charge in [0.05, 0.1) is 18.4 Å². The number of hydrogen-bond acceptors (Lipinski definition) is 3. The van der Waals surface area contributed by atoms with E-state index in [2.05, 4.69) is 30.8 Å². The van der Waals surface area contributed by atoms with Crippen LogP contribution >= 0.6 is 11.8 Å². The molecule has 0 amide bonds. The molecule has 0 spiro atoms. The molecule has 0 aromatic rings. The van der Waals surface area contributed by atoms with Crippen LogP contribution in [0.3, 0.4) is 0 Å². The van der Waals surface area contributed by atoms with E-state index in [0.29, 0.717) is 5.75 Å². The van der Waals surface area contributed by atoms with Gasteiger partial charge in [0.25, 0.3) is 0 Å². The van der Waals surface area contributed by atoms with Crippen LogP contribution in [0.5, 0.6) is 0 Å². The first kappa shape index (κ1) is 11.2. The third kappa shape index (κ3) is 2.81. The summed E-state index contributed by atoms with van der Waals surface area (Å²) in [6, 6.07) is 0. The second-order valence-electron chi connectivity index (χ2n) is 3.70. The van der Waals surface area contributed by atoms with Gasteiger partial charge in [-0.2, -0.15) is 0 Å². The van der Waals surface area contributed by atoms with Crippen LogP contribution in [0.2, 0.25) is 0 Å². The first-order chi connectivity index (χ1) is 6.59. The molecule has 76 valence electrons. The van der Waals surface area contributed by atoms with E-state index in [1.54, 1.807) is 18.9 Å². The van der Waals surface area contributed by atoms with E-state index in [0.717, 1.165) is 17.2 Å². The fourth-order valence-electron chi connectivity index (χ4n) is 1.19. The maximum absolute atomic E-state index is 5.24. The van der Waals surface area contributed by atoms with Gasteiger partial charge in [0, 0.05) is 0 Å². The molecule has 1 heterocycles. The summed E-state index contributed by atoms with van der Waals surface area (Å²) in [6.07, 6.45) is 8.20. The molecule has 0 radical (unpaired) electrons. The Kier molecular flexibility index (Phi) is 3.65. The Morgan fingerprint density at radius 1 is 1.71 bits per heavy atom. The van der Waals surface area contributed by atoms with Crippen LogP contribution in [0.1, 0.15) is 20.3 Å². The first-order valence-corrected chi connectivity index (χ1v) is 5.48. The van der Waals surface area contributed by atoms with E-state index in [1.165, 1.54) is 0 Å². The molecule has 2 nitrogen and oxygen atoms in total. The van der Waals surface area contributed by atoms with Crippen LogP contribution in [0, 0.1) is 12.3 Å². The molecule has 0 bridgehead atoms. The molecule has 1 aliphatic rings. The summed E-state index contributed by atoms with van der Waals surface area (Å²) in [5, 5.41) is 0.918. The van der Waals surface area contributed by atoms with Crippen molar-refractivity contribution >= 4 is 16.8 Å². The van der Waals surface area contributed by atoms with Crippen molar-refractivity contribution in [3.63, 3.8) is 0 Å². The smallest absolute Gasteiger partial charge is 0.146 e. The number of nitrogens with zero attached hydrogens (tertiary/aromatic N) is 1. The monoisotopic (exact) mass is 209 g/mol. The quantitative estimate of drug-likeness (QED) is 0.652. The molecule has 0 unspecified atom stereocenters. The standard InChI is InChI=1S/C11H15NOS/c1-5-8-14-10-9(13-4)6-7-11(2,3)12-10/h1,6H,7-8H2,2-4H3. The third-order valence-electron chi connectivity index (χ3n) is 1.91. The highest BCUT2D eigenvalue weighted by molar-refractivity contribution is 8.14. The van der Waals surface area contributed by atoms with Crippen molar-refractivity contribution in [1.82, 2.24) is 0 Å². The minimum atomic E-state index is -0.0288. The Balaban J connectivity index is 2.79. The Labute approximate surface area is 89.8 Å². The van der Waals surface area contributed by atoms with Crippen LogP contribution in [0.4, 0.5) is 0 Å². The minimum Gasteiger partial charge on any atom is -0.494 e. The Morgan fingerprint density at radius 3 is 3.00 bits per heavy atom. The lowest BCUT2D eigenvalue weighted by molar-refractivity contribution is 0.308. The summed E-state index contributed by atoms with van der Waals surface area (Å²) in [7, 11) is 1.66. The number of rotatable bonds is 2. The topological polar surface area (TPSA) is 21.6 Å². The molecule has 0 fully saturated rings. The average Bonchev–Trinajstić information content (AvgIpc) is 2.14. The molecule has 0 aromatic heterocycles. The van der Waals surface area contributed by atoms with E-state index >= 15 is 0 Å². The molecule has 0 saturated carbocycles. The molecule has 0 aliphatic carbocycles. The molecule has 14 heavy (non-hydrogen) atoms. The Bertz CT molecular complexity index is 310. The maximum Gasteiger partial charge on any atom is 0.146 e. The molecule has 0 atom stereocenters. The highest BCUT2D eigenvalue weighted by Crippen LogP contribution is 2.27. The summed E-state index contributed by atoms with van der Waals surface area (Å²) in [5.41, 5.74) is -0.0288. The zero-order valence-electron chi connectivity index (χ0n) is 8.83. The average molecular weight is 209 g/mol. The zero-order chi connectivity index (χ0) is 10.6. The second kappa shape index (κ2) is 4.56. The maximum atomic E-state index is 5.24. The van der Waals surface area contributed by atoms with Crippen molar-refractivity contribution in [2.45, 2.75) is 25.8 Å². The number of thioether (sulfide) groups is 1. The van der Waals surface area contributed by atoms with Gasteiger partial charge in [-0.1, -0.05) is 17.7 Å². The van der Waals surface area contributed by atoms with E-state index in [1.807, 2.05) is 0 Å². The van der Waals surface area contributed by atoms with Crippen molar-refractivity contribution in [3.05, 3.63) is 11.8 Å². The summed E-state index contributed by atoms with van der Waals surface area (Å²) in [4.78, 5) is 4.59. The fraction of sp³-hybridized carbons (Fsp3) is 0.545. The summed E-state index contributed by atoms with van der Waals surface area (Å²) < 4.78 is 5.24. The molecule has 1 aliphatic heterocycles. The van der Waals surface area contributed by atoms with Crippen molar-refractivity contribution in [3.8, 4) is 12.3 Å². The van der Waals surface area contributed by atoms with Gasteiger partial charge in [-0.15, -0.1) is 6.42 Å². The van der Waals surface area contributed by atoms with Crippen LogP contribution in [-0.4, -0.2) is 23.4 Å². The number of ether oxygens (including phenoxy) is 1. The molecule has 3 heteroatoms. The van der Waals surface area contributed by atoms with Crippen molar-refractivity contribution in [1.29, 1.82) is 0 Å². The van der Waals surface area contributed by atoms with Crippen LogP contribution < -0.4 is 0 Å². The van der Waals surface area contributed by atoms with Gasteiger partial charge in [-0.05, 0) is 26.3 Å². The van der Waals surface area contributed by atoms with Crippen LogP contribution in [0.15, 0.2) is 16.8 Å². The van der Waals surface area contributed by atoms with Crippen molar-refractivity contribution in [2.24, 2.45) is 4.99 Å². The zero-order valence-corrected chi connectivity index (χ0v) is 9.65. The number of dihydropyridines is 1. The minimum absolute atomic E-state index is 0.0288. The molecular weight excluding hydrogens is 194 g/mol. The summed E-state index contributed by atoms with van der Waals surface area (Å²) >= 11 is 1.55. The van der Waals surface area contributed by atoms with Gasteiger partial charge in [-0.25, -0.2) is 0 Å². The number of aliphatic imine (C=N–C) groups is 1. The van der Waals surface area contributed by atoms with Gasteiger partial charge in [-0.3, -0.25) is 4.99 Å². The highest BCUT2D eigenvalue weighted by Gasteiger charge is 2.23. The van der Waals surface area contributed by atoms with E-state index in [-0.39, 0.29) is 5.54 Å². The second-order valence-corrected chi connectivity index (χ2v) is 4.66. The van der Waals surface area contributed by atoms with E-state index in [4.69, 9.17) is 11.2 Å². The van der Waals surface area contributed by atoms with Gasteiger partial charge in [0.15, 0.2) is 0 Å².